The van der Waals surface area contributed by atoms with Crippen molar-refractivity contribution in [2.45, 2.75) is 12.2 Å². The first-order valence-corrected chi connectivity index (χ1v) is 10.5. The van der Waals surface area contributed by atoms with E-state index in [1.54, 1.807) is 61.6 Å². The van der Waals surface area contributed by atoms with Crippen molar-refractivity contribution in [2.24, 2.45) is 10.9 Å². The van der Waals surface area contributed by atoms with E-state index in [4.69, 9.17) is 4.74 Å². The van der Waals surface area contributed by atoms with Crippen LogP contribution >= 0.6 is 0 Å². The molecule has 8 heteroatoms. The summed E-state index contributed by atoms with van der Waals surface area (Å²) in [5.41, 5.74) is 1.08. The maximum Gasteiger partial charge on any atom is 0.416 e. The van der Waals surface area contributed by atoms with Crippen molar-refractivity contribution in [3.63, 3.8) is 0 Å². The third-order valence-electron chi connectivity index (χ3n) is 5.84. The molecule has 0 saturated carbocycles. The third-order valence-corrected chi connectivity index (χ3v) is 5.84. The van der Waals surface area contributed by atoms with E-state index in [0.717, 1.165) is 12.1 Å². The molecule has 0 bridgehead atoms. The van der Waals surface area contributed by atoms with Gasteiger partial charge in [0, 0.05) is 12.7 Å². The number of alkyl halides is 3. The second-order valence-electron chi connectivity index (χ2n) is 7.75. The van der Waals surface area contributed by atoms with E-state index in [0.29, 0.717) is 22.6 Å². The highest BCUT2D eigenvalue weighted by molar-refractivity contribution is 6.49. The van der Waals surface area contributed by atoms with E-state index >= 15 is 0 Å². The monoisotopic (exact) mass is 466 g/mol. The predicted octanol–water partition coefficient (Wildman–Crippen LogP) is 5.11. The maximum absolute atomic E-state index is 13.3. The summed E-state index contributed by atoms with van der Waals surface area (Å²) in [5.74, 6) is -1.80. The number of methoxy groups -OCH3 is 1. The largest absolute Gasteiger partial charge is 0.497 e. The normalized spacial score (nSPS) is 19.0. The Morgan fingerprint density at radius 3 is 2.06 bits per heavy atom. The average molecular weight is 466 g/mol. The Bertz CT molecular complexity index is 1220. The number of carbonyl (C=O) groups is 2. The van der Waals surface area contributed by atoms with Crippen LogP contribution in [-0.2, 0) is 15.8 Å². The van der Waals surface area contributed by atoms with Crippen LogP contribution in [0.2, 0.25) is 0 Å². The van der Waals surface area contributed by atoms with E-state index in [-0.39, 0.29) is 5.69 Å². The van der Waals surface area contributed by atoms with Gasteiger partial charge in [0.25, 0.3) is 5.91 Å². The van der Waals surface area contributed by atoms with Gasteiger partial charge in [0.2, 0.25) is 5.78 Å². The van der Waals surface area contributed by atoms with Crippen molar-refractivity contribution in [1.29, 1.82) is 0 Å². The molecule has 1 amide bonds. The molecule has 1 heterocycles. The smallest absolute Gasteiger partial charge is 0.416 e. The van der Waals surface area contributed by atoms with Gasteiger partial charge in [0.1, 0.15) is 5.75 Å². The lowest BCUT2D eigenvalue weighted by atomic mass is 9.85. The first kappa shape index (κ1) is 23.2. The lowest BCUT2D eigenvalue weighted by Gasteiger charge is -2.28. The van der Waals surface area contributed by atoms with Crippen LogP contribution in [0.5, 0.6) is 5.75 Å². The molecule has 5 nitrogen and oxygen atoms in total. The molecule has 4 rings (SSSR count). The summed E-state index contributed by atoms with van der Waals surface area (Å²) >= 11 is 0. The summed E-state index contributed by atoms with van der Waals surface area (Å²) in [4.78, 5) is 32.2. The Morgan fingerprint density at radius 2 is 1.53 bits per heavy atom. The van der Waals surface area contributed by atoms with Crippen LogP contribution in [0.1, 0.15) is 22.7 Å². The lowest BCUT2D eigenvalue weighted by Crippen LogP contribution is -2.30. The summed E-state index contributed by atoms with van der Waals surface area (Å²) in [6, 6.07) is 19.3. The molecule has 1 aliphatic rings. The molecule has 1 aliphatic heterocycles. The van der Waals surface area contributed by atoms with Crippen LogP contribution in [0.3, 0.4) is 0 Å². The fourth-order valence-corrected chi connectivity index (χ4v) is 4.23. The second kappa shape index (κ2) is 9.13. The minimum absolute atomic E-state index is 0.202. The Labute approximate surface area is 194 Å². The summed E-state index contributed by atoms with van der Waals surface area (Å²) in [6.45, 7) is 0. The zero-order valence-corrected chi connectivity index (χ0v) is 18.4. The van der Waals surface area contributed by atoms with Gasteiger partial charge in [0.15, 0.2) is 0 Å². The Balaban J connectivity index is 1.83. The van der Waals surface area contributed by atoms with Gasteiger partial charge in [-0.05, 0) is 59.7 Å². The van der Waals surface area contributed by atoms with Gasteiger partial charge >= 0.3 is 6.18 Å². The number of anilines is 1. The molecule has 1 fully saturated rings. The standard InChI is InChI=1S/C26H21F3N2O3/c1-30-22(16-8-14-20(34-2)15-9-16)21-23(17-6-4-3-5-7-17)31(25(33)24(21)32)19-12-10-18(11-13-19)26(27,28)29/h3-15,21,23H,1-2H3. The minimum Gasteiger partial charge on any atom is -0.497 e. The van der Waals surface area contributed by atoms with Crippen LogP contribution in [0.25, 0.3) is 0 Å². The number of nitrogens with zero attached hydrogens (tertiary/aromatic N) is 2. The number of benzene rings is 3. The Morgan fingerprint density at radius 1 is 0.912 bits per heavy atom. The van der Waals surface area contributed by atoms with Crippen molar-refractivity contribution in [3.8, 4) is 5.75 Å². The average Bonchev–Trinajstić information content (AvgIpc) is 3.11. The van der Waals surface area contributed by atoms with Gasteiger partial charge < -0.3 is 4.74 Å². The van der Waals surface area contributed by atoms with E-state index < -0.39 is 35.4 Å². The Hall–Kier alpha value is -3.94. The van der Waals surface area contributed by atoms with Crippen LogP contribution in [0.15, 0.2) is 83.9 Å². The summed E-state index contributed by atoms with van der Waals surface area (Å²) < 4.78 is 44.4. The number of carbonyl (C=O) groups excluding carboxylic acids is 2. The highest BCUT2D eigenvalue weighted by Gasteiger charge is 2.51. The predicted molar refractivity (Wildman–Crippen MR) is 122 cm³/mol. The van der Waals surface area contributed by atoms with Crippen molar-refractivity contribution in [3.05, 3.63) is 95.6 Å². The van der Waals surface area contributed by atoms with Gasteiger partial charge in [-0.15, -0.1) is 0 Å². The van der Waals surface area contributed by atoms with Gasteiger partial charge in [-0.3, -0.25) is 19.5 Å². The highest BCUT2D eigenvalue weighted by atomic mass is 19.4. The molecular formula is C26H21F3N2O3. The zero-order valence-electron chi connectivity index (χ0n) is 18.4. The number of Topliss-reactive ketones (excluding diaryl/α,β-unsaturated/α-hetero) is 1. The first-order chi connectivity index (χ1) is 16.3. The van der Waals surface area contributed by atoms with Crippen molar-refractivity contribution >= 4 is 23.1 Å². The van der Waals surface area contributed by atoms with Gasteiger partial charge in [-0.2, -0.15) is 13.2 Å². The quantitative estimate of drug-likeness (QED) is 0.388. The van der Waals surface area contributed by atoms with Gasteiger partial charge in [-0.25, -0.2) is 0 Å². The fraction of sp³-hybridized carbons (Fsp3) is 0.192. The number of amides is 1. The van der Waals surface area contributed by atoms with Crippen LogP contribution in [0, 0.1) is 5.92 Å². The molecule has 34 heavy (non-hydrogen) atoms. The molecule has 1 saturated heterocycles. The molecule has 0 aliphatic carbocycles. The molecule has 2 unspecified atom stereocenters. The number of ketones is 1. The van der Waals surface area contributed by atoms with Crippen LogP contribution < -0.4 is 9.64 Å². The number of aliphatic imine (C=N–C) groups is 1. The molecule has 0 radical (unpaired) electrons. The number of halogens is 3. The maximum atomic E-state index is 13.3. The lowest BCUT2D eigenvalue weighted by molar-refractivity contribution is -0.137. The zero-order chi connectivity index (χ0) is 24.5. The molecule has 0 spiro atoms. The summed E-state index contributed by atoms with van der Waals surface area (Å²) in [7, 11) is 3.08. The molecule has 174 valence electrons. The molecular weight excluding hydrogens is 445 g/mol. The number of hydrogen-bond acceptors (Lipinski definition) is 4. The van der Waals surface area contributed by atoms with Gasteiger partial charge in [0.05, 0.1) is 30.3 Å². The number of hydrogen-bond donors (Lipinski definition) is 0. The number of rotatable bonds is 5. The fourth-order valence-electron chi connectivity index (χ4n) is 4.23. The highest BCUT2D eigenvalue weighted by Crippen LogP contribution is 2.42. The van der Waals surface area contributed by atoms with E-state index in [9.17, 15) is 22.8 Å². The molecule has 2 atom stereocenters. The SMILES string of the molecule is CN=C(c1ccc(OC)cc1)C1C(=O)C(=O)N(c2ccc(C(F)(F)F)cc2)C1c1ccccc1. The first-order valence-electron chi connectivity index (χ1n) is 10.5. The Kier molecular flexibility index (Phi) is 6.24. The molecule has 0 aromatic heterocycles. The van der Waals surface area contributed by atoms with Crippen molar-refractivity contribution in [1.82, 2.24) is 0 Å². The van der Waals surface area contributed by atoms with E-state index in [2.05, 4.69) is 4.99 Å². The van der Waals surface area contributed by atoms with E-state index in [1.807, 2.05) is 0 Å². The topological polar surface area (TPSA) is 59.0 Å². The molecule has 0 N–H and O–H groups in total. The van der Waals surface area contributed by atoms with Crippen LogP contribution in [0.4, 0.5) is 18.9 Å². The molecule has 3 aromatic carbocycles. The van der Waals surface area contributed by atoms with E-state index in [1.165, 1.54) is 24.1 Å². The van der Waals surface area contributed by atoms with Crippen molar-refractivity contribution in [2.75, 3.05) is 19.1 Å². The third kappa shape index (κ3) is 4.19. The number of ether oxygens (including phenoxy) is 1. The summed E-state index contributed by atoms with van der Waals surface area (Å²) in [6.07, 6.45) is -4.51. The van der Waals surface area contributed by atoms with Gasteiger partial charge in [-0.1, -0.05) is 30.3 Å². The van der Waals surface area contributed by atoms with Crippen LogP contribution in [-0.4, -0.2) is 31.6 Å². The minimum atomic E-state index is -4.51. The summed E-state index contributed by atoms with van der Waals surface area (Å²) in [5, 5.41) is 0. The second-order valence-corrected chi connectivity index (χ2v) is 7.75. The van der Waals surface area contributed by atoms with Crippen molar-refractivity contribution < 1.29 is 27.5 Å². The molecule has 3 aromatic rings.